The fourth-order valence-corrected chi connectivity index (χ4v) is 3.26. The molecule has 142 valence electrons. The van der Waals surface area contributed by atoms with E-state index in [0.717, 1.165) is 16.8 Å². The van der Waals surface area contributed by atoms with Crippen LogP contribution in [0.25, 0.3) is 0 Å². The van der Waals surface area contributed by atoms with Gasteiger partial charge in [-0.2, -0.15) is 0 Å². The third kappa shape index (κ3) is 4.54. The minimum atomic E-state index is -0.303. The Balaban J connectivity index is 1.71. The van der Waals surface area contributed by atoms with Gasteiger partial charge in [0.2, 0.25) is 5.91 Å². The van der Waals surface area contributed by atoms with Crippen LogP contribution in [0.15, 0.2) is 53.7 Å². The smallest absolute Gasteiger partial charge is 0.225 e. The topological polar surface area (TPSA) is 41.9 Å². The van der Waals surface area contributed by atoms with Crippen LogP contribution in [-0.2, 0) is 16.2 Å². The summed E-state index contributed by atoms with van der Waals surface area (Å²) in [5.41, 5.74) is 3.60. The van der Waals surface area contributed by atoms with Gasteiger partial charge < -0.3 is 9.74 Å². The first kappa shape index (κ1) is 19.1. The van der Waals surface area contributed by atoms with Crippen LogP contribution >= 0.6 is 0 Å². The lowest BCUT2D eigenvalue weighted by Crippen LogP contribution is -2.39. The molecule has 4 nitrogen and oxygen atoms in total. The van der Waals surface area contributed by atoms with Gasteiger partial charge in [-0.25, -0.2) is 4.39 Å². The quantitative estimate of drug-likeness (QED) is 0.762. The molecule has 1 atom stereocenters. The molecule has 1 amide bonds. The predicted molar refractivity (Wildman–Crippen MR) is 104 cm³/mol. The van der Waals surface area contributed by atoms with E-state index < -0.39 is 0 Å². The number of oxime groups is 1. The van der Waals surface area contributed by atoms with Crippen LogP contribution in [0.1, 0.15) is 37.0 Å². The molecule has 27 heavy (non-hydrogen) atoms. The van der Waals surface area contributed by atoms with E-state index in [1.54, 1.807) is 23.1 Å². The third-order valence-corrected chi connectivity index (χ3v) is 4.74. The Morgan fingerprint density at radius 2 is 1.93 bits per heavy atom. The summed E-state index contributed by atoms with van der Waals surface area (Å²) in [6.45, 7) is 6.34. The molecule has 0 spiro atoms. The maximum absolute atomic E-state index is 14.1. The molecule has 1 heterocycles. The van der Waals surface area contributed by atoms with Crippen LogP contribution in [-0.4, -0.2) is 29.2 Å². The van der Waals surface area contributed by atoms with Crippen LogP contribution in [0.5, 0.6) is 0 Å². The van der Waals surface area contributed by atoms with Crippen molar-refractivity contribution < 1.29 is 14.0 Å². The first-order valence-electron chi connectivity index (χ1n) is 9.26. The molecule has 0 fully saturated rings. The Bertz CT molecular complexity index is 848. The minimum Gasteiger partial charge on any atom is -0.390 e. The molecule has 0 aromatic heterocycles. The maximum atomic E-state index is 14.1. The van der Waals surface area contributed by atoms with Crippen LogP contribution < -0.4 is 0 Å². The van der Waals surface area contributed by atoms with Gasteiger partial charge in [0, 0.05) is 30.0 Å². The number of hydrogen-bond acceptors (Lipinski definition) is 3. The highest BCUT2D eigenvalue weighted by atomic mass is 19.1. The van der Waals surface area contributed by atoms with Crippen molar-refractivity contribution in [2.75, 3.05) is 6.54 Å². The number of carbonyl (C=O) groups excluding carboxylic acids is 1. The lowest BCUT2D eigenvalue weighted by Gasteiger charge is -2.26. The van der Waals surface area contributed by atoms with Crippen LogP contribution in [0.2, 0.25) is 0 Å². The molecule has 3 rings (SSSR count). The molecule has 0 saturated carbocycles. The number of amides is 1. The van der Waals surface area contributed by atoms with E-state index in [4.69, 9.17) is 4.84 Å². The predicted octanol–water partition coefficient (Wildman–Crippen LogP) is 4.31. The Kier molecular flexibility index (Phi) is 5.89. The Morgan fingerprint density at radius 3 is 2.63 bits per heavy atom. The zero-order valence-electron chi connectivity index (χ0n) is 16.0. The zero-order valence-corrected chi connectivity index (χ0v) is 16.0. The van der Waals surface area contributed by atoms with Crippen molar-refractivity contribution in [3.63, 3.8) is 0 Å². The summed E-state index contributed by atoms with van der Waals surface area (Å²) in [6, 6.07) is 14.6. The highest BCUT2D eigenvalue weighted by Gasteiger charge is 2.28. The summed E-state index contributed by atoms with van der Waals surface area (Å²) in [6.07, 6.45) is 0.401. The summed E-state index contributed by atoms with van der Waals surface area (Å²) in [7, 11) is 0. The van der Waals surface area contributed by atoms with Gasteiger partial charge in [-0.05, 0) is 18.6 Å². The highest BCUT2D eigenvalue weighted by molar-refractivity contribution is 6.02. The van der Waals surface area contributed by atoms with Gasteiger partial charge in [0.05, 0.1) is 12.3 Å². The average molecular weight is 368 g/mol. The van der Waals surface area contributed by atoms with Crippen LogP contribution in [0.4, 0.5) is 4.39 Å². The van der Waals surface area contributed by atoms with Crippen molar-refractivity contribution in [1.29, 1.82) is 0 Å². The second-order valence-corrected chi connectivity index (χ2v) is 7.25. The van der Waals surface area contributed by atoms with E-state index in [1.807, 2.05) is 45.0 Å². The van der Waals surface area contributed by atoms with Crippen molar-refractivity contribution >= 4 is 11.6 Å². The number of aryl methyl sites for hydroxylation is 1. The Morgan fingerprint density at radius 1 is 1.22 bits per heavy atom. The van der Waals surface area contributed by atoms with Gasteiger partial charge in [-0.3, -0.25) is 4.79 Å². The summed E-state index contributed by atoms with van der Waals surface area (Å²) < 4.78 is 14.1. The minimum absolute atomic E-state index is 0.0220. The number of halogens is 1. The molecular weight excluding hydrogens is 343 g/mol. The van der Waals surface area contributed by atoms with E-state index in [9.17, 15) is 9.18 Å². The van der Waals surface area contributed by atoms with Crippen molar-refractivity contribution in [2.45, 2.75) is 39.8 Å². The van der Waals surface area contributed by atoms with Crippen LogP contribution in [0.3, 0.4) is 0 Å². The summed E-state index contributed by atoms with van der Waals surface area (Å²) in [4.78, 5) is 19.9. The molecule has 1 aliphatic rings. The van der Waals surface area contributed by atoms with Crippen molar-refractivity contribution in [1.82, 2.24) is 4.90 Å². The van der Waals surface area contributed by atoms with Gasteiger partial charge in [-0.15, -0.1) is 0 Å². The number of hydrogen-bond donors (Lipinski definition) is 0. The zero-order chi connectivity index (χ0) is 19.4. The Hall–Kier alpha value is -2.69. The third-order valence-electron chi connectivity index (χ3n) is 4.74. The molecule has 5 heteroatoms. The van der Waals surface area contributed by atoms with E-state index in [1.165, 1.54) is 6.07 Å². The normalized spacial score (nSPS) is 16.2. The van der Waals surface area contributed by atoms with E-state index in [0.29, 0.717) is 18.5 Å². The molecule has 2 aromatic carbocycles. The summed E-state index contributed by atoms with van der Waals surface area (Å²) in [5.74, 6) is -0.496. The SMILES string of the molecule is Cc1ccccc1C1=NO[C@H](CN(Cc2ccccc2F)C(=O)C(C)C)C1. The standard InChI is InChI=1S/C22H25FN2O2/c1-15(2)22(26)25(13-17-9-5-7-11-20(17)23)14-18-12-21(24-27-18)19-10-6-4-8-16(19)3/h4-11,15,18H,12-14H2,1-3H3/t18-/m0/s1. The molecule has 0 N–H and O–H groups in total. The van der Waals surface area contributed by atoms with Crippen LogP contribution in [0, 0.1) is 18.7 Å². The molecular formula is C22H25FN2O2. The molecule has 1 aliphatic heterocycles. The monoisotopic (exact) mass is 368 g/mol. The lowest BCUT2D eigenvalue weighted by molar-refractivity contribution is -0.137. The second kappa shape index (κ2) is 8.33. The number of rotatable bonds is 6. The maximum Gasteiger partial charge on any atom is 0.225 e. The van der Waals surface area contributed by atoms with Crippen molar-refractivity contribution in [2.24, 2.45) is 11.1 Å². The summed E-state index contributed by atoms with van der Waals surface area (Å²) >= 11 is 0. The van der Waals surface area contributed by atoms with Gasteiger partial charge in [0.25, 0.3) is 0 Å². The fourth-order valence-electron chi connectivity index (χ4n) is 3.26. The molecule has 0 radical (unpaired) electrons. The number of benzene rings is 2. The van der Waals surface area contributed by atoms with E-state index >= 15 is 0 Å². The molecule has 0 saturated heterocycles. The van der Waals surface area contributed by atoms with E-state index in [2.05, 4.69) is 5.16 Å². The fraction of sp³-hybridized carbons (Fsp3) is 0.364. The lowest BCUT2D eigenvalue weighted by atomic mass is 10.00. The molecule has 0 aliphatic carbocycles. The largest absolute Gasteiger partial charge is 0.390 e. The second-order valence-electron chi connectivity index (χ2n) is 7.25. The summed E-state index contributed by atoms with van der Waals surface area (Å²) in [5, 5.41) is 4.23. The van der Waals surface area contributed by atoms with E-state index in [-0.39, 0.29) is 30.3 Å². The van der Waals surface area contributed by atoms with Gasteiger partial charge >= 0.3 is 0 Å². The first-order chi connectivity index (χ1) is 13.0. The molecule has 2 aromatic rings. The Labute approximate surface area is 159 Å². The van der Waals surface area contributed by atoms with Crippen molar-refractivity contribution in [3.8, 4) is 0 Å². The van der Waals surface area contributed by atoms with Gasteiger partial charge in [0.15, 0.2) is 6.10 Å². The van der Waals surface area contributed by atoms with Gasteiger partial charge in [0.1, 0.15) is 5.82 Å². The highest BCUT2D eigenvalue weighted by Crippen LogP contribution is 2.22. The molecule has 0 bridgehead atoms. The first-order valence-corrected chi connectivity index (χ1v) is 9.26. The molecule has 0 unspecified atom stereocenters. The van der Waals surface area contributed by atoms with Gasteiger partial charge in [-0.1, -0.05) is 61.5 Å². The average Bonchev–Trinajstić information content (AvgIpc) is 3.11. The van der Waals surface area contributed by atoms with Crippen molar-refractivity contribution in [3.05, 3.63) is 71.0 Å². The number of nitrogens with zero attached hydrogens (tertiary/aromatic N) is 2. The number of carbonyl (C=O) groups is 1.